The Labute approximate surface area is 252 Å². The lowest BCUT2D eigenvalue weighted by Gasteiger charge is -2.28. The Bertz CT molecular complexity index is 1930. The molecule has 0 saturated carbocycles. The summed E-state index contributed by atoms with van der Waals surface area (Å²) >= 11 is 0. The molecule has 0 unspecified atom stereocenters. The van der Waals surface area contributed by atoms with Crippen molar-refractivity contribution in [3.63, 3.8) is 0 Å². The van der Waals surface area contributed by atoms with Crippen LogP contribution >= 0.6 is 0 Å². The molecule has 2 N–H and O–H groups in total. The van der Waals surface area contributed by atoms with E-state index in [1.165, 1.54) is 33.4 Å². The Morgan fingerprint density at radius 2 is 1.28 bits per heavy atom. The molecule has 4 nitrogen and oxygen atoms in total. The van der Waals surface area contributed by atoms with E-state index in [-0.39, 0.29) is 5.41 Å². The molecule has 5 aromatic rings. The van der Waals surface area contributed by atoms with Gasteiger partial charge in [0, 0.05) is 22.5 Å². The van der Waals surface area contributed by atoms with Crippen molar-refractivity contribution in [1.29, 1.82) is 5.41 Å². The fourth-order valence-electron chi connectivity index (χ4n) is 6.12. The highest BCUT2D eigenvalue weighted by Crippen LogP contribution is 2.50. The van der Waals surface area contributed by atoms with Crippen LogP contribution in [0.25, 0.3) is 22.3 Å². The van der Waals surface area contributed by atoms with Gasteiger partial charge >= 0.3 is 0 Å². The number of nitrogens with one attached hydrogen (secondary N) is 2. The Kier molecular flexibility index (Phi) is 6.59. The van der Waals surface area contributed by atoms with Crippen LogP contribution in [-0.2, 0) is 5.41 Å². The number of rotatable bonds is 6. The summed E-state index contributed by atoms with van der Waals surface area (Å²) in [4.78, 5) is 2.30. The topological polar surface area (TPSA) is 51.5 Å². The maximum Gasteiger partial charge on any atom is 0.108 e. The first kappa shape index (κ1) is 26.4. The highest BCUT2D eigenvalue weighted by atomic mass is 15.3. The lowest BCUT2D eigenvalue weighted by Crippen LogP contribution is -2.16. The summed E-state index contributed by atoms with van der Waals surface area (Å²) < 4.78 is 0. The number of fused-ring (bicyclic) bond motifs is 3. The summed E-state index contributed by atoms with van der Waals surface area (Å²) in [6.07, 6.45) is 7.32. The van der Waals surface area contributed by atoms with Gasteiger partial charge in [-0.25, -0.2) is 0 Å². The molecule has 0 spiro atoms. The Balaban J connectivity index is 1.31. The lowest BCUT2D eigenvalue weighted by atomic mass is 9.82. The van der Waals surface area contributed by atoms with E-state index in [2.05, 4.69) is 132 Å². The van der Waals surface area contributed by atoms with Crippen molar-refractivity contribution in [3.05, 3.63) is 157 Å². The van der Waals surface area contributed by atoms with Gasteiger partial charge in [-0.2, -0.15) is 5.10 Å². The van der Waals surface area contributed by atoms with Crippen LogP contribution in [0, 0.1) is 5.41 Å². The molecule has 0 radical (unpaired) electrons. The first-order valence-corrected chi connectivity index (χ1v) is 14.6. The number of benzene rings is 5. The molecule has 0 fully saturated rings. The van der Waals surface area contributed by atoms with E-state index in [4.69, 9.17) is 5.41 Å². The van der Waals surface area contributed by atoms with Gasteiger partial charge < -0.3 is 4.90 Å². The van der Waals surface area contributed by atoms with Gasteiger partial charge in [0.25, 0.3) is 0 Å². The first-order valence-electron chi connectivity index (χ1n) is 14.6. The number of anilines is 4. The number of hydrogen-bond donors (Lipinski definition) is 2. The van der Waals surface area contributed by atoms with Crippen LogP contribution in [0.2, 0.25) is 0 Å². The molecule has 208 valence electrons. The lowest BCUT2D eigenvalue weighted by molar-refractivity contribution is 0.660. The standard InChI is InChI=1S/C39H32N4/c1-39(2)35-16-7-6-15-33(35)34-24-23-32(26-36(34)39)43(30-21-19-28(20-22-30)27-11-4-3-5-12-27)31-14-10-13-29(25-31)41-42-38-18-9-8-17-37(38)40/h3-26,40-41H,1-2H3/b40-37?,42-38-. The molecule has 0 bridgehead atoms. The van der Waals surface area contributed by atoms with Crippen LogP contribution in [-0.4, -0.2) is 11.4 Å². The van der Waals surface area contributed by atoms with Crippen molar-refractivity contribution in [2.75, 3.05) is 10.3 Å². The number of nitrogens with zero attached hydrogens (tertiary/aromatic N) is 2. The molecule has 5 aromatic carbocycles. The number of hydrazone groups is 1. The van der Waals surface area contributed by atoms with E-state index in [0.29, 0.717) is 11.4 Å². The van der Waals surface area contributed by atoms with Crippen molar-refractivity contribution in [3.8, 4) is 22.3 Å². The summed E-state index contributed by atoms with van der Waals surface area (Å²) in [5.41, 5.74) is 15.8. The number of allylic oxidation sites excluding steroid dienone is 4. The maximum absolute atomic E-state index is 8.15. The predicted octanol–water partition coefficient (Wildman–Crippen LogP) is 10.0. The molecule has 43 heavy (non-hydrogen) atoms. The summed E-state index contributed by atoms with van der Waals surface area (Å²) in [6, 6.07) is 43.1. The van der Waals surface area contributed by atoms with Gasteiger partial charge in [0.2, 0.25) is 0 Å². The minimum absolute atomic E-state index is 0.100. The third-order valence-corrected chi connectivity index (χ3v) is 8.37. The molecule has 0 heterocycles. The average Bonchev–Trinajstić information content (AvgIpc) is 3.28. The van der Waals surface area contributed by atoms with Gasteiger partial charge in [-0.05, 0) is 88.0 Å². The van der Waals surface area contributed by atoms with Crippen LogP contribution in [0.5, 0.6) is 0 Å². The third-order valence-electron chi connectivity index (χ3n) is 8.37. The second-order valence-corrected chi connectivity index (χ2v) is 11.4. The van der Waals surface area contributed by atoms with Gasteiger partial charge in [0.05, 0.1) is 11.4 Å². The molecule has 0 aliphatic heterocycles. The molecular formula is C39H32N4. The summed E-state index contributed by atoms with van der Waals surface area (Å²) in [6.45, 7) is 4.63. The summed E-state index contributed by atoms with van der Waals surface area (Å²) in [7, 11) is 0. The second-order valence-electron chi connectivity index (χ2n) is 11.4. The van der Waals surface area contributed by atoms with Gasteiger partial charge in [-0.15, -0.1) is 0 Å². The SMILES string of the molecule is CC1(C)c2ccccc2-c2ccc(N(c3ccc(-c4ccccc4)cc3)c3cccc(N/N=C4/C=CC=CC4=N)c3)cc21. The van der Waals surface area contributed by atoms with Crippen molar-refractivity contribution in [2.45, 2.75) is 19.3 Å². The van der Waals surface area contributed by atoms with Crippen molar-refractivity contribution in [2.24, 2.45) is 5.10 Å². The summed E-state index contributed by atoms with van der Waals surface area (Å²) in [5.74, 6) is 0. The zero-order chi connectivity index (χ0) is 29.4. The smallest absolute Gasteiger partial charge is 0.108 e. The summed E-state index contributed by atoms with van der Waals surface area (Å²) in [5, 5.41) is 12.7. The van der Waals surface area contributed by atoms with E-state index in [1.807, 2.05) is 36.4 Å². The van der Waals surface area contributed by atoms with Gasteiger partial charge in [-0.3, -0.25) is 10.8 Å². The molecular weight excluding hydrogens is 524 g/mol. The van der Waals surface area contributed by atoms with E-state index in [9.17, 15) is 0 Å². The zero-order valence-corrected chi connectivity index (χ0v) is 24.3. The molecule has 0 atom stereocenters. The van der Waals surface area contributed by atoms with Gasteiger partial charge in [-0.1, -0.05) is 105 Å². The minimum atomic E-state index is -0.100. The zero-order valence-electron chi connectivity index (χ0n) is 24.3. The van der Waals surface area contributed by atoms with Crippen LogP contribution < -0.4 is 10.3 Å². The van der Waals surface area contributed by atoms with Gasteiger partial charge in [0.15, 0.2) is 0 Å². The van der Waals surface area contributed by atoms with Crippen LogP contribution in [0.15, 0.2) is 151 Å². The first-order chi connectivity index (χ1) is 21.0. The Morgan fingerprint density at radius 1 is 0.605 bits per heavy atom. The molecule has 0 aromatic heterocycles. The fraction of sp³-hybridized carbons (Fsp3) is 0.0769. The maximum atomic E-state index is 8.15. The average molecular weight is 557 g/mol. The Hall–Kier alpha value is -5.48. The largest absolute Gasteiger partial charge is 0.310 e. The normalized spacial score (nSPS) is 15.3. The van der Waals surface area contributed by atoms with Crippen molar-refractivity contribution >= 4 is 34.2 Å². The second kappa shape index (κ2) is 10.7. The molecule has 4 heteroatoms. The van der Waals surface area contributed by atoms with Crippen LogP contribution in [0.1, 0.15) is 25.0 Å². The molecule has 0 saturated heterocycles. The molecule has 0 amide bonds. The van der Waals surface area contributed by atoms with Gasteiger partial charge in [0.1, 0.15) is 5.71 Å². The number of hydrogen-bond acceptors (Lipinski definition) is 4. The van der Waals surface area contributed by atoms with E-state index in [1.54, 1.807) is 6.08 Å². The molecule has 2 aliphatic carbocycles. The van der Waals surface area contributed by atoms with Crippen molar-refractivity contribution in [1.82, 2.24) is 0 Å². The molecule has 2 aliphatic rings. The van der Waals surface area contributed by atoms with E-state index < -0.39 is 0 Å². The van der Waals surface area contributed by atoms with Crippen LogP contribution in [0.3, 0.4) is 0 Å². The fourth-order valence-corrected chi connectivity index (χ4v) is 6.12. The quantitative estimate of drug-likeness (QED) is 0.161. The monoisotopic (exact) mass is 556 g/mol. The Morgan fingerprint density at radius 3 is 2.09 bits per heavy atom. The highest BCUT2D eigenvalue weighted by molar-refractivity contribution is 6.50. The van der Waals surface area contributed by atoms with E-state index in [0.717, 1.165) is 22.7 Å². The predicted molar refractivity (Wildman–Crippen MR) is 181 cm³/mol. The molecule has 7 rings (SSSR count). The van der Waals surface area contributed by atoms with E-state index >= 15 is 0 Å². The minimum Gasteiger partial charge on any atom is -0.310 e. The third kappa shape index (κ3) is 4.87. The van der Waals surface area contributed by atoms with Crippen LogP contribution in [0.4, 0.5) is 22.7 Å². The highest BCUT2D eigenvalue weighted by Gasteiger charge is 2.35. The van der Waals surface area contributed by atoms with Crippen molar-refractivity contribution < 1.29 is 0 Å².